The van der Waals surface area contributed by atoms with E-state index in [2.05, 4.69) is 76.9 Å². The molecule has 34 heavy (non-hydrogen) atoms. The Bertz CT molecular complexity index is 1230. The molecule has 0 unspecified atom stereocenters. The zero-order valence-corrected chi connectivity index (χ0v) is 22.1. The summed E-state index contributed by atoms with van der Waals surface area (Å²) in [5, 5.41) is 6.37. The van der Waals surface area contributed by atoms with Gasteiger partial charge in [-0.15, -0.1) is 0 Å². The van der Waals surface area contributed by atoms with Gasteiger partial charge in [-0.2, -0.15) is 4.98 Å². The molecule has 0 radical (unpaired) electrons. The standard InChI is InChI=1S/C23H28IN7O2S/c1-25-34(32,33)21-6-4-3-5-20(21)28-22-19(24)15-26-23(29-22)27-18-9-7-17(8-10-18)16-31-13-11-30(2)12-14-31/h3-10,15,25H,11-14,16H2,1-2H3,(H2,26,27,28,29). The van der Waals surface area contributed by atoms with Crippen LogP contribution < -0.4 is 15.4 Å². The van der Waals surface area contributed by atoms with E-state index in [1.54, 1.807) is 30.5 Å². The van der Waals surface area contributed by atoms with Gasteiger partial charge in [-0.25, -0.2) is 18.1 Å². The first-order valence-corrected chi connectivity index (χ1v) is 13.5. The van der Waals surface area contributed by atoms with E-state index < -0.39 is 10.0 Å². The number of halogens is 1. The molecule has 1 aliphatic rings. The lowest BCUT2D eigenvalue weighted by Gasteiger charge is -2.32. The van der Waals surface area contributed by atoms with Crippen molar-refractivity contribution in [1.29, 1.82) is 0 Å². The molecule has 0 bridgehead atoms. The molecule has 1 saturated heterocycles. The summed E-state index contributed by atoms with van der Waals surface area (Å²) in [5.74, 6) is 0.937. The molecule has 2 heterocycles. The number of likely N-dealkylation sites (N-methyl/N-ethyl adjacent to an activating group) is 1. The van der Waals surface area contributed by atoms with Gasteiger partial charge < -0.3 is 15.5 Å². The lowest BCUT2D eigenvalue weighted by molar-refractivity contribution is 0.148. The Morgan fingerprint density at radius 3 is 2.41 bits per heavy atom. The predicted molar refractivity (Wildman–Crippen MR) is 143 cm³/mol. The molecule has 1 aliphatic heterocycles. The Labute approximate surface area is 214 Å². The van der Waals surface area contributed by atoms with Crippen LogP contribution in [0.15, 0.2) is 59.6 Å². The van der Waals surface area contributed by atoms with Crippen LogP contribution in [-0.4, -0.2) is 68.5 Å². The van der Waals surface area contributed by atoms with Crippen molar-refractivity contribution < 1.29 is 8.42 Å². The van der Waals surface area contributed by atoms with Crippen molar-refractivity contribution in [2.45, 2.75) is 11.4 Å². The minimum Gasteiger partial charge on any atom is -0.338 e. The molecule has 0 saturated carbocycles. The van der Waals surface area contributed by atoms with E-state index in [9.17, 15) is 8.42 Å². The highest BCUT2D eigenvalue weighted by Crippen LogP contribution is 2.27. The number of nitrogens with one attached hydrogen (secondary N) is 3. The van der Waals surface area contributed by atoms with Gasteiger partial charge in [0.05, 0.1) is 9.26 Å². The van der Waals surface area contributed by atoms with Gasteiger partial charge >= 0.3 is 0 Å². The number of hydrogen-bond donors (Lipinski definition) is 3. The number of benzene rings is 2. The molecule has 3 aromatic rings. The Morgan fingerprint density at radius 2 is 1.71 bits per heavy atom. The van der Waals surface area contributed by atoms with E-state index in [1.165, 1.54) is 12.6 Å². The summed E-state index contributed by atoms with van der Waals surface area (Å²) >= 11 is 2.12. The first-order chi connectivity index (χ1) is 16.3. The van der Waals surface area contributed by atoms with E-state index in [4.69, 9.17) is 0 Å². The highest BCUT2D eigenvalue weighted by molar-refractivity contribution is 14.1. The largest absolute Gasteiger partial charge is 0.338 e. The van der Waals surface area contributed by atoms with Crippen molar-refractivity contribution in [2.75, 3.05) is 50.9 Å². The van der Waals surface area contributed by atoms with Crippen LogP contribution in [0.4, 0.5) is 23.1 Å². The zero-order chi connectivity index (χ0) is 24.1. The smallest absolute Gasteiger partial charge is 0.242 e. The maximum Gasteiger partial charge on any atom is 0.242 e. The van der Waals surface area contributed by atoms with E-state index in [1.807, 2.05) is 12.1 Å². The van der Waals surface area contributed by atoms with Gasteiger partial charge in [0.2, 0.25) is 16.0 Å². The zero-order valence-electron chi connectivity index (χ0n) is 19.1. The number of aromatic nitrogens is 2. The second-order valence-corrected chi connectivity index (χ2v) is 11.1. The SMILES string of the molecule is CNS(=O)(=O)c1ccccc1Nc1nc(Nc2ccc(CN3CCN(C)CC3)cc2)ncc1I. The van der Waals surface area contributed by atoms with Crippen LogP contribution >= 0.6 is 22.6 Å². The second-order valence-electron chi connectivity index (χ2n) is 8.12. The first kappa shape index (κ1) is 24.8. The molecule has 1 aromatic heterocycles. The molecule has 1 fully saturated rings. The fraction of sp³-hybridized carbons (Fsp3) is 0.304. The molecule has 180 valence electrons. The summed E-state index contributed by atoms with van der Waals surface area (Å²) in [6, 6.07) is 15.0. The topological polar surface area (TPSA) is 102 Å². The molecule has 4 rings (SSSR count). The summed E-state index contributed by atoms with van der Waals surface area (Å²) in [6.45, 7) is 5.32. The average Bonchev–Trinajstić information content (AvgIpc) is 2.84. The van der Waals surface area contributed by atoms with Crippen LogP contribution in [0.3, 0.4) is 0 Å². The summed E-state index contributed by atoms with van der Waals surface area (Å²) in [6.07, 6.45) is 1.69. The fourth-order valence-corrected chi connectivity index (χ4v) is 4.92. The third kappa shape index (κ3) is 6.21. The number of sulfonamides is 1. The number of rotatable bonds is 8. The Morgan fingerprint density at radius 1 is 1.00 bits per heavy atom. The molecular formula is C23H28IN7O2S. The Hall–Kier alpha value is -2.32. The molecule has 0 amide bonds. The van der Waals surface area contributed by atoms with Crippen LogP contribution in [0.1, 0.15) is 5.56 Å². The maximum absolute atomic E-state index is 12.4. The van der Waals surface area contributed by atoms with Gasteiger partial charge in [0, 0.05) is 44.6 Å². The van der Waals surface area contributed by atoms with Crippen LogP contribution in [0.5, 0.6) is 0 Å². The number of piperazine rings is 1. The third-order valence-corrected chi connectivity index (χ3v) is 7.92. The quantitative estimate of drug-likeness (QED) is 0.343. The molecule has 0 spiro atoms. The number of para-hydroxylation sites is 1. The Balaban J connectivity index is 1.46. The van der Waals surface area contributed by atoms with Crippen molar-refractivity contribution in [3.05, 3.63) is 63.9 Å². The molecule has 0 atom stereocenters. The second kappa shape index (κ2) is 11.0. The Kier molecular flexibility index (Phi) is 7.99. The van der Waals surface area contributed by atoms with Crippen molar-refractivity contribution >= 4 is 55.8 Å². The average molecular weight is 593 g/mol. The first-order valence-electron chi connectivity index (χ1n) is 10.9. The van der Waals surface area contributed by atoms with Crippen LogP contribution in [0.25, 0.3) is 0 Å². The monoisotopic (exact) mass is 593 g/mol. The van der Waals surface area contributed by atoms with Gasteiger partial charge in [0.1, 0.15) is 10.7 Å². The lowest BCUT2D eigenvalue weighted by Crippen LogP contribution is -2.43. The third-order valence-electron chi connectivity index (χ3n) is 5.65. The summed E-state index contributed by atoms with van der Waals surface area (Å²) in [7, 11) is -0.0689. The summed E-state index contributed by atoms with van der Waals surface area (Å²) in [4.78, 5) is 13.9. The lowest BCUT2D eigenvalue weighted by atomic mass is 10.2. The van der Waals surface area contributed by atoms with Crippen LogP contribution in [0.2, 0.25) is 0 Å². The van der Waals surface area contributed by atoms with Gasteiger partial charge in [0.25, 0.3) is 0 Å². The van der Waals surface area contributed by atoms with Gasteiger partial charge in [-0.1, -0.05) is 24.3 Å². The van der Waals surface area contributed by atoms with E-state index in [0.29, 0.717) is 17.5 Å². The molecule has 3 N–H and O–H groups in total. The van der Waals surface area contributed by atoms with Gasteiger partial charge in [-0.3, -0.25) is 4.90 Å². The summed E-state index contributed by atoms with van der Waals surface area (Å²) in [5.41, 5.74) is 2.59. The molecule has 9 nitrogen and oxygen atoms in total. The van der Waals surface area contributed by atoms with Crippen LogP contribution in [-0.2, 0) is 16.6 Å². The minimum absolute atomic E-state index is 0.150. The highest BCUT2D eigenvalue weighted by Gasteiger charge is 2.18. The summed E-state index contributed by atoms with van der Waals surface area (Å²) < 4.78 is 27.9. The van der Waals surface area contributed by atoms with Crippen molar-refractivity contribution in [2.24, 2.45) is 0 Å². The van der Waals surface area contributed by atoms with Crippen molar-refractivity contribution in [1.82, 2.24) is 24.5 Å². The molecule has 2 aromatic carbocycles. The van der Waals surface area contributed by atoms with E-state index in [0.717, 1.165) is 42.0 Å². The van der Waals surface area contributed by atoms with E-state index in [-0.39, 0.29) is 4.90 Å². The number of hydrogen-bond acceptors (Lipinski definition) is 8. The molecular weight excluding hydrogens is 565 g/mol. The number of anilines is 4. The molecule has 11 heteroatoms. The maximum atomic E-state index is 12.4. The number of nitrogens with zero attached hydrogens (tertiary/aromatic N) is 4. The normalized spacial score (nSPS) is 15.3. The van der Waals surface area contributed by atoms with Gasteiger partial charge in [-0.05, 0) is 66.5 Å². The minimum atomic E-state index is -3.62. The molecule has 0 aliphatic carbocycles. The predicted octanol–water partition coefficient (Wildman–Crippen LogP) is 3.22. The fourth-order valence-electron chi connectivity index (χ4n) is 3.64. The van der Waals surface area contributed by atoms with Crippen molar-refractivity contribution in [3.8, 4) is 0 Å². The van der Waals surface area contributed by atoms with Gasteiger partial charge in [0.15, 0.2) is 0 Å². The highest BCUT2D eigenvalue weighted by atomic mass is 127. The van der Waals surface area contributed by atoms with E-state index >= 15 is 0 Å². The van der Waals surface area contributed by atoms with Crippen molar-refractivity contribution in [3.63, 3.8) is 0 Å². The van der Waals surface area contributed by atoms with Crippen LogP contribution in [0, 0.1) is 3.57 Å².